The third-order valence-electron chi connectivity index (χ3n) is 5.04. The van der Waals surface area contributed by atoms with Crippen molar-refractivity contribution in [3.63, 3.8) is 0 Å². The molecular weight excluding hydrogens is 394 g/mol. The van der Waals surface area contributed by atoms with Gasteiger partial charge >= 0.3 is 5.97 Å². The number of carboxylic acids is 1. The van der Waals surface area contributed by atoms with Gasteiger partial charge in [0.15, 0.2) is 0 Å². The summed E-state index contributed by atoms with van der Waals surface area (Å²) in [6.45, 7) is 2.01. The van der Waals surface area contributed by atoms with E-state index in [1.807, 2.05) is 48.7 Å². The lowest BCUT2D eigenvalue weighted by Crippen LogP contribution is -2.44. The van der Waals surface area contributed by atoms with Gasteiger partial charge in [-0.3, -0.25) is 4.79 Å². The molecule has 1 fully saturated rings. The second-order valence-electron chi connectivity index (χ2n) is 7.06. The minimum absolute atomic E-state index is 0.0591. The van der Waals surface area contributed by atoms with Gasteiger partial charge in [-0.25, -0.2) is 8.42 Å². The molecular formula is C21H19NO4S2. The van der Waals surface area contributed by atoms with E-state index in [1.165, 1.54) is 12.1 Å². The summed E-state index contributed by atoms with van der Waals surface area (Å²) in [5, 5.41) is 11.8. The first kappa shape index (κ1) is 18.9. The average Bonchev–Trinajstić information content (AvgIpc) is 3.24. The summed E-state index contributed by atoms with van der Waals surface area (Å²) >= 11 is 1.60. The number of carboxylic acid groups (broad SMARTS) is 1. The smallest absolute Gasteiger partial charge is 0.325 e. The van der Waals surface area contributed by atoms with E-state index < -0.39 is 21.5 Å². The summed E-state index contributed by atoms with van der Waals surface area (Å²) < 4.78 is 28.1. The minimum Gasteiger partial charge on any atom is -0.480 e. The number of sulfonamides is 1. The summed E-state index contributed by atoms with van der Waals surface area (Å²) in [4.78, 5) is 13.0. The Labute approximate surface area is 167 Å². The fourth-order valence-corrected chi connectivity index (χ4v) is 5.73. The Morgan fingerprint density at radius 1 is 1.14 bits per heavy atom. The largest absolute Gasteiger partial charge is 0.480 e. The lowest BCUT2D eigenvalue weighted by molar-refractivity contribution is -0.140. The lowest BCUT2D eigenvalue weighted by atomic mass is 10.1. The predicted molar refractivity (Wildman–Crippen MR) is 109 cm³/mol. The molecule has 4 rings (SSSR count). The van der Waals surface area contributed by atoms with Crippen LogP contribution in [0.5, 0.6) is 0 Å². The van der Waals surface area contributed by atoms with Crippen LogP contribution in [0.1, 0.15) is 23.5 Å². The van der Waals surface area contributed by atoms with Gasteiger partial charge < -0.3 is 5.11 Å². The van der Waals surface area contributed by atoms with E-state index in [0.717, 1.165) is 21.6 Å². The van der Waals surface area contributed by atoms with Crippen molar-refractivity contribution >= 4 is 27.3 Å². The molecule has 28 heavy (non-hydrogen) atoms. The molecule has 0 saturated heterocycles. The zero-order chi connectivity index (χ0) is 19.9. The molecule has 0 unspecified atom stereocenters. The highest BCUT2D eigenvalue weighted by molar-refractivity contribution is 7.89. The van der Waals surface area contributed by atoms with Gasteiger partial charge in [0.1, 0.15) is 5.54 Å². The number of thiophene rings is 1. The van der Waals surface area contributed by atoms with E-state index >= 15 is 0 Å². The van der Waals surface area contributed by atoms with Gasteiger partial charge in [-0.15, -0.1) is 11.3 Å². The molecule has 1 aromatic heterocycles. The molecule has 1 aliphatic rings. The van der Waals surface area contributed by atoms with Crippen LogP contribution in [0.25, 0.3) is 10.4 Å². The van der Waals surface area contributed by atoms with E-state index in [0.29, 0.717) is 0 Å². The maximum atomic E-state index is 12.8. The van der Waals surface area contributed by atoms with E-state index in [9.17, 15) is 18.3 Å². The third-order valence-corrected chi connectivity index (χ3v) is 7.66. The molecule has 0 radical (unpaired) electrons. The predicted octanol–water partition coefficient (Wildman–Crippen LogP) is 4.01. The van der Waals surface area contributed by atoms with Crippen LogP contribution in [-0.2, 0) is 14.8 Å². The van der Waals surface area contributed by atoms with Crippen LogP contribution >= 0.6 is 11.3 Å². The second-order valence-corrected chi connectivity index (χ2v) is 9.66. The average molecular weight is 414 g/mol. The summed E-state index contributed by atoms with van der Waals surface area (Å²) in [6, 6.07) is 17.7. The van der Waals surface area contributed by atoms with Crippen LogP contribution < -0.4 is 4.72 Å². The maximum absolute atomic E-state index is 12.8. The van der Waals surface area contributed by atoms with Crippen molar-refractivity contribution in [1.82, 2.24) is 4.72 Å². The SMILES string of the molecule is Cc1csc(-c2ccc(S(=O)(=O)N[C@]3(C(=O)O)C[C@H]3c3ccccc3)cc2)c1. The third kappa shape index (κ3) is 3.37. The molecule has 0 bridgehead atoms. The fourth-order valence-electron chi connectivity index (χ4n) is 3.42. The van der Waals surface area contributed by atoms with Crippen molar-refractivity contribution in [1.29, 1.82) is 0 Å². The molecule has 2 N–H and O–H groups in total. The van der Waals surface area contributed by atoms with E-state index in [4.69, 9.17) is 0 Å². The molecule has 144 valence electrons. The van der Waals surface area contributed by atoms with Crippen LogP contribution in [0.4, 0.5) is 0 Å². The lowest BCUT2D eigenvalue weighted by Gasteiger charge is -2.16. The number of aliphatic carboxylic acids is 1. The first-order chi connectivity index (χ1) is 13.3. The second kappa shape index (κ2) is 6.84. The molecule has 2 aromatic carbocycles. The number of carbonyl (C=O) groups is 1. The summed E-state index contributed by atoms with van der Waals surface area (Å²) in [6.07, 6.45) is 0.234. The zero-order valence-corrected chi connectivity index (χ0v) is 16.8. The van der Waals surface area contributed by atoms with Crippen molar-refractivity contribution in [3.8, 4) is 10.4 Å². The zero-order valence-electron chi connectivity index (χ0n) is 15.1. The van der Waals surface area contributed by atoms with Gasteiger partial charge in [-0.2, -0.15) is 4.72 Å². The fraction of sp³-hybridized carbons (Fsp3) is 0.190. The van der Waals surface area contributed by atoms with Crippen LogP contribution in [0.15, 0.2) is 70.9 Å². The van der Waals surface area contributed by atoms with E-state index in [-0.39, 0.29) is 17.2 Å². The number of rotatable bonds is 6. The van der Waals surface area contributed by atoms with Gasteiger partial charge in [0.05, 0.1) is 4.90 Å². The molecule has 7 heteroatoms. The monoisotopic (exact) mass is 413 g/mol. The molecule has 5 nitrogen and oxygen atoms in total. The number of nitrogens with one attached hydrogen (secondary N) is 1. The highest BCUT2D eigenvalue weighted by Gasteiger charge is 2.63. The van der Waals surface area contributed by atoms with Crippen LogP contribution in [0.3, 0.4) is 0 Å². The Morgan fingerprint density at radius 3 is 2.39 bits per heavy atom. The Morgan fingerprint density at radius 2 is 1.82 bits per heavy atom. The highest BCUT2D eigenvalue weighted by Crippen LogP contribution is 2.52. The summed E-state index contributed by atoms with van der Waals surface area (Å²) in [7, 11) is -3.96. The number of hydrogen-bond acceptors (Lipinski definition) is 4. The van der Waals surface area contributed by atoms with Crippen LogP contribution in [0, 0.1) is 6.92 Å². The van der Waals surface area contributed by atoms with Crippen molar-refractivity contribution < 1.29 is 18.3 Å². The molecule has 1 saturated carbocycles. The van der Waals surface area contributed by atoms with Gasteiger partial charge in [0.2, 0.25) is 10.0 Å². The maximum Gasteiger partial charge on any atom is 0.325 e. The molecule has 0 spiro atoms. The van der Waals surface area contributed by atoms with E-state index in [2.05, 4.69) is 4.72 Å². The standard InChI is InChI=1S/C21H19NO4S2/c1-14-11-19(27-13-14)16-7-9-17(10-8-16)28(25,26)22-21(20(23)24)12-18(21)15-5-3-2-4-6-15/h2-11,13,18,22H,12H2,1H3,(H,23,24)/t18-,21+/m0/s1. The molecule has 0 amide bonds. The van der Waals surface area contributed by atoms with Gasteiger partial charge in [-0.05, 0) is 53.6 Å². The van der Waals surface area contributed by atoms with Crippen LogP contribution in [0.2, 0.25) is 0 Å². The minimum atomic E-state index is -3.96. The summed E-state index contributed by atoms with van der Waals surface area (Å²) in [5.74, 6) is -1.54. The Balaban J connectivity index is 1.59. The Hall–Kier alpha value is -2.48. The van der Waals surface area contributed by atoms with Crippen molar-refractivity contribution in [2.75, 3.05) is 0 Å². The number of aryl methyl sites for hydroxylation is 1. The Bertz CT molecular complexity index is 1120. The van der Waals surface area contributed by atoms with Gasteiger partial charge in [0, 0.05) is 10.8 Å². The summed E-state index contributed by atoms with van der Waals surface area (Å²) in [5.41, 5.74) is 1.40. The van der Waals surface area contributed by atoms with E-state index in [1.54, 1.807) is 23.5 Å². The van der Waals surface area contributed by atoms with Gasteiger partial charge in [0.25, 0.3) is 0 Å². The van der Waals surface area contributed by atoms with Gasteiger partial charge in [-0.1, -0.05) is 42.5 Å². The van der Waals surface area contributed by atoms with Crippen LogP contribution in [-0.4, -0.2) is 25.0 Å². The quantitative estimate of drug-likeness (QED) is 0.640. The molecule has 3 aromatic rings. The molecule has 1 heterocycles. The molecule has 0 aliphatic heterocycles. The number of benzene rings is 2. The molecule has 2 atom stereocenters. The van der Waals surface area contributed by atoms with Crippen molar-refractivity contribution in [3.05, 3.63) is 77.2 Å². The first-order valence-corrected chi connectivity index (χ1v) is 11.2. The first-order valence-electron chi connectivity index (χ1n) is 8.80. The number of hydrogen-bond donors (Lipinski definition) is 2. The molecule has 1 aliphatic carbocycles. The van der Waals surface area contributed by atoms with Crippen molar-refractivity contribution in [2.45, 2.75) is 29.7 Å². The normalized spacial score (nSPS) is 21.4. The Kier molecular flexibility index (Phi) is 4.61. The highest BCUT2D eigenvalue weighted by atomic mass is 32.2. The van der Waals surface area contributed by atoms with Crippen molar-refractivity contribution in [2.24, 2.45) is 0 Å². The topological polar surface area (TPSA) is 83.5 Å².